The van der Waals surface area contributed by atoms with Gasteiger partial charge in [-0.25, -0.2) is 9.59 Å². The maximum absolute atomic E-state index is 11.6. The zero-order valence-electron chi connectivity index (χ0n) is 10.6. The van der Waals surface area contributed by atoms with Gasteiger partial charge >= 0.3 is 11.9 Å². The van der Waals surface area contributed by atoms with Gasteiger partial charge in [-0.2, -0.15) is 0 Å². The molecule has 0 atom stereocenters. The van der Waals surface area contributed by atoms with Crippen LogP contribution in [0.3, 0.4) is 0 Å². The summed E-state index contributed by atoms with van der Waals surface area (Å²) in [6.07, 6.45) is 0. The number of carbonyl (C=O) groups excluding carboxylic acids is 2. The summed E-state index contributed by atoms with van der Waals surface area (Å²) in [5, 5.41) is 2.90. The van der Waals surface area contributed by atoms with E-state index in [-0.39, 0.29) is 9.28 Å². The Morgan fingerprint density at radius 2 is 1.68 bits per heavy atom. The van der Waals surface area contributed by atoms with Crippen LogP contribution >= 0.6 is 22.6 Å². The Balaban J connectivity index is 2.88. The van der Waals surface area contributed by atoms with Crippen molar-refractivity contribution in [1.82, 2.24) is 5.32 Å². The van der Waals surface area contributed by atoms with Gasteiger partial charge in [-0.3, -0.25) is 0 Å². The lowest BCUT2D eigenvalue weighted by Crippen LogP contribution is -2.24. The van der Waals surface area contributed by atoms with Crippen LogP contribution in [-0.2, 0) is 25.6 Å². The van der Waals surface area contributed by atoms with Gasteiger partial charge in [-0.05, 0) is 28.2 Å². The summed E-state index contributed by atoms with van der Waals surface area (Å²) in [5.41, 5.74) is 1.08. The first-order valence-corrected chi connectivity index (χ1v) is 6.52. The van der Waals surface area contributed by atoms with Gasteiger partial charge in [0.05, 0.1) is 14.2 Å². The third-order valence-electron chi connectivity index (χ3n) is 2.29. The number of nitrogens with one attached hydrogen (secondary N) is 1. The van der Waals surface area contributed by atoms with Crippen molar-refractivity contribution < 1.29 is 19.1 Å². The van der Waals surface area contributed by atoms with E-state index in [0.717, 1.165) is 5.56 Å². The number of esters is 2. The molecule has 19 heavy (non-hydrogen) atoms. The van der Waals surface area contributed by atoms with Crippen LogP contribution in [0, 0.1) is 0 Å². The van der Waals surface area contributed by atoms with Gasteiger partial charge in [0.25, 0.3) is 0 Å². The Morgan fingerprint density at radius 1 is 1.11 bits per heavy atom. The molecule has 0 aliphatic heterocycles. The van der Waals surface area contributed by atoms with Crippen LogP contribution in [0.5, 0.6) is 0 Å². The molecule has 0 unspecified atom stereocenters. The average Bonchev–Trinajstić information content (AvgIpc) is 2.47. The molecule has 0 radical (unpaired) electrons. The van der Waals surface area contributed by atoms with Crippen LogP contribution in [0.4, 0.5) is 0 Å². The smallest absolute Gasteiger partial charge is 0.355 e. The largest absolute Gasteiger partial charge is 0.465 e. The highest BCUT2D eigenvalue weighted by atomic mass is 127. The van der Waals surface area contributed by atoms with Crippen LogP contribution in [0.2, 0.25) is 0 Å². The number of ether oxygens (including phenoxy) is 2. The fourth-order valence-corrected chi connectivity index (χ4v) is 1.95. The minimum Gasteiger partial charge on any atom is -0.465 e. The number of methoxy groups -OCH3 is 2. The van der Waals surface area contributed by atoms with Crippen LogP contribution < -0.4 is 5.32 Å². The van der Waals surface area contributed by atoms with E-state index < -0.39 is 11.9 Å². The third kappa shape index (κ3) is 4.55. The van der Waals surface area contributed by atoms with Gasteiger partial charge in [0.2, 0.25) is 0 Å². The van der Waals surface area contributed by atoms with E-state index in [1.165, 1.54) is 14.2 Å². The molecule has 0 amide bonds. The molecule has 1 rings (SSSR count). The second kappa shape index (κ2) is 7.78. The van der Waals surface area contributed by atoms with Gasteiger partial charge in [0.1, 0.15) is 9.28 Å². The van der Waals surface area contributed by atoms with E-state index in [1.54, 1.807) is 22.6 Å². The lowest BCUT2D eigenvalue weighted by Gasteiger charge is -2.11. The van der Waals surface area contributed by atoms with Crippen LogP contribution in [0.25, 0.3) is 0 Å². The quantitative estimate of drug-likeness (QED) is 0.483. The summed E-state index contributed by atoms with van der Waals surface area (Å²) in [4.78, 5) is 23.1. The predicted octanol–water partition coefficient (Wildman–Crippen LogP) is 1.77. The van der Waals surface area contributed by atoms with Crippen LogP contribution in [0.15, 0.2) is 39.6 Å². The standard InChI is InChI=1S/C13H14INO4/c1-18-12(16)10(14)11(13(17)19-2)15-8-9-6-4-3-5-7-9/h3-7,15H,8H2,1-2H3/b11-10+. The molecule has 0 saturated carbocycles. The topological polar surface area (TPSA) is 64.6 Å². The number of hydrogen-bond donors (Lipinski definition) is 1. The number of rotatable bonds is 5. The minimum atomic E-state index is -0.606. The average molecular weight is 375 g/mol. The summed E-state index contributed by atoms with van der Waals surface area (Å²) in [6.45, 7) is 0.411. The first-order chi connectivity index (χ1) is 9.10. The molecular formula is C13H14INO4. The zero-order valence-corrected chi connectivity index (χ0v) is 12.8. The molecule has 0 aromatic heterocycles. The molecular weight excluding hydrogens is 361 g/mol. The maximum Gasteiger partial charge on any atom is 0.355 e. The maximum atomic E-state index is 11.6. The van der Waals surface area contributed by atoms with Gasteiger partial charge in [-0.1, -0.05) is 30.3 Å². The van der Waals surface area contributed by atoms with E-state index in [9.17, 15) is 9.59 Å². The van der Waals surface area contributed by atoms with Crippen molar-refractivity contribution in [2.45, 2.75) is 6.54 Å². The number of hydrogen-bond acceptors (Lipinski definition) is 5. The summed E-state index contributed by atoms with van der Waals surface area (Å²) in [7, 11) is 2.51. The lowest BCUT2D eigenvalue weighted by atomic mass is 10.2. The highest BCUT2D eigenvalue weighted by Crippen LogP contribution is 2.14. The summed E-state index contributed by atoms with van der Waals surface area (Å²) < 4.78 is 9.39. The highest BCUT2D eigenvalue weighted by molar-refractivity contribution is 14.1. The molecule has 102 valence electrons. The Morgan fingerprint density at radius 3 is 2.21 bits per heavy atom. The lowest BCUT2D eigenvalue weighted by molar-refractivity contribution is -0.139. The van der Waals surface area contributed by atoms with Gasteiger partial charge in [0.15, 0.2) is 0 Å². The van der Waals surface area contributed by atoms with E-state index in [2.05, 4.69) is 14.8 Å². The summed E-state index contributed by atoms with van der Waals surface area (Å²) in [5.74, 6) is -1.19. The minimum absolute atomic E-state index is 0.0961. The molecule has 0 fully saturated rings. The molecule has 0 spiro atoms. The van der Waals surface area contributed by atoms with Crippen molar-refractivity contribution in [2.75, 3.05) is 14.2 Å². The zero-order chi connectivity index (χ0) is 14.3. The molecule has 1 aromatic carbocycles. The predicted molar refractivity (Wildman–Crippen MR) is 78.4 cm³/mol. The molecule has 0 heterocycles. The van der Waals surface area contributed by atoms with Crippen LogP contribution in [-0.4, -0.2) is 26.2 Å². The van der Waals surface area contributed by atoms with Crippen molar-refractivity contribution in [2.24, 2.45) is 0 Å². The molecule has 0 bridgehead atoms. The van der Waals surface area contributed by atoms with Crippen molar-refractivity contribution in [3.8, 4) is 0 Å². The molecule has 1 aromatic rings. The van der Waals surface area contributed by atoms with Crippen molar-refractivity contribution >= 4 is 34.5 Å². The molecule has 6 heteroatoms. The van der Waals surface area contributed by atoms with Gasteiger partial charge < -0.3 is 14.8 Å². The number of benzene rings is 1. The van der Waals surface area contributed by atoms with Crippen LogP contribution in [0.1, 0.15) is 5.56 Å². The third-order valence-corrected chi connectivity index (χ3v) is 3.27. The fraction of sp³-hybridized carbons (Fsp3) is 0.231. The molecule has 0 saturated heterocycles. The number of carbonyl (C=O) groups is 2. The van der Waals surface area contributed by atoms with E-state index >= 15 is 0 Å². The van der Waals surface area contributed by atoms with Crippen molar-refractivity contribution in [3.05, 3.63) is 45.2 Å². The first kappa shape index (κ1) is 15.5. The van der Waals surface area contributed by atoms with Crippen molar-refractivity contribution in [3.63, 3.8) is 0 Å². The summed E-state index contributed by atoms with van der Waals surface area (Å²) >= 11 is 1.75. The Bertz CT molecular complexity index is 485. The second-order valence-corrected chi connectivity index (χ2v) is 4.59. The molecule has 1 N–H and O–H groups in total. The normalized spacial score (nSPS) is 11.3. The number of halogens is 1. The van der Waals surface area contributed by atoms with Crippen molar-refractivity contribution in [1.29, 1.82) is 0 Å². The Labute approximate surface area is 125 Å². The molecule has 5 nitrogen and oxygen atoms in total. The fourth-order valence-electron chi connectivity index (χ4n) is 1.32. The Kier molecular flexibility index (Phi) is 6.34. The second-order valence-electron chi connectivity index (χ2n) is 3.51. The SMILES string of the molecule is COC(=O)/C(I)=C(\NCc1ccccc1)C(=O)OC. The molecule has 0 aliphatic rings. The van der Waals surface area contributed by atoms with Gasteiger partial charge in [-0.15, -0.1) is 0 Å². The summed E-state index contributed by atoms with van der Waals surface area (Å²) in [6, 6.07) is 9.51. The van der Waals surface area contributed by atoms with Gasteiger partial charge in [0, 0.05) is 6.54 Å². The van der Waals surface area contributed by atoms with E-state index in [4.69, 9.17) is 0 Å². The molecule has 0 aliphatic carbocycles. The monoisotopic (exact) mass is 375 g/mol. The highest BCUT2D eigenvalue weighted by Gasteiger charge is 2.20. The van der Waals surface area contributed by atoms with E-state index in [1.807, 2.05) is 30.3 Å². The Hall–Kier alpha value is -1.57. The van der Waals surface area contributed by atoms with E-state index in [0.29, 0.717) is 6.54 Å². The first-order valence-electron chi connectivity index (χ1n) is 5.44.